The topological polar surface area (TPSA) is 111 Å². The van der Waals surface area contributed by atoms with Crippen molar-refractivity contribution in [2.75, 3.05) is 13.7 Å². The Bertz CT molecular complexity index is 1990. The fourth-order valence-corrected chi connectivity index (χ4v) is 7.69. The van der Waals surface area contributed by atoms with E-state index in [1.807, 2.05) is 43.1 Å². The van der Waals surface area contributed by atoms with Crippen LogP contribution in [0.3, 0.4) is 0 Å². The highest BCUT2D eigenvalue weighted by molar-refractivity contribution is 6.00. The molecule has 0 spiro atoms. The first-order valence-electron chi connectivity index (χ1n) is 15.6. The van der Waals surface area contributed by atoms with E-state index in [0.29, 0.717) is 23.1 Å². The predicted molar refractivity (Wildman–Crippen MR) is 171 cm³/mol. The van der Waals surface area contributed by atoms with E-state index in [1.165, 1.54) is 12.8 Å². The number of aromatic nitrogens is 4. The van der Waals surface area contributed by atoms with Gasteiger partial charge in [0.05, 0.1) is 24.0 Å². The molecule has 1 saturated heterocycles. The molecule has 9 nitrogen and oxygen atoms in total. The molecule has 3 aliphatic rings. The van der Waals surface area contributed by atoms with E-state index in [9.17, 15) is 9.90 Å². The number of ether oxygens (including phenoxy) is 1. The fourth-order valence-electron chi connectivity index (χ4n) is 7.69. The third kappa shape index (κ3) is 4.05. The summed E-state index contributed by atoms with van der Waals surface area (Å²) in [7, 11) is 3.65. The summed E-state index contributed by atoms with van der Waals surface area (Å²) in [6, 6.07) is 13.9. The number of fused-ring (bicyclic) bond motifs is 4. The lowest BCUT2D eigenvalue weighted by molar-refractivity contribution is 0.0700. The van der Waals surface area contributed by atoms with Gasteiger partial charge in [-0.2, -0.15) is 0 Å². The molecule has 2 bridgehead atoms. The van der Waals surface area contributed by atoms with Crippen molar-refractivity contribution in [1.29, 1.82) is 0 Å². The molecule has 3 atom stereocenters. The minimum absolute atomic E-state index is 0.00262. The summed E-state index contributed by atoms with van der Waals surface area (Å²) in [4.78, 5) is 26.0. The van der Waals surface area contributed by atoms with Crippen molar-refractivity contribution >= 4 is 28.0 Å². The van der Waals surface area contributed by atoms with Crippen molar-refractivity contribution in [2.24, 2.45) is 24.6 Å². The minimum Gasteiger partial charge on any atom is -0.508 e. The number of nitrogens with two attached hydrogens (primary N) is 1. The maximum absolute atomic E-state index is 13.7. The van der Waals surface area contributed by atoms with E-state index >= 15 is 0 Å². The van der Waals surface area contributed by atoms with Crippen LogP contribution in [0.1, 0.15) is 47.2 Å². The number of carbonyl (C=O) groups excluding carboxylic acids is 1. The molecule has 3 aromatic heterocycles. The second-order valence-electron chi connectivity index (χ2n) is 13.1. The molecular weight excluding hydrogens is 552 g/mol. The molecule has 3 N–H and O–H groups in total. The molecule has 44 heavy (non-hydrogen) atoms. The Morgan fingerprint density at radius 2 is 1.89 bits per heavy atom. The second kappa shape index (κ2) is 9.82. The lowest BCUT2D eigenvalue weighted by Crippen LogP contribution is -2.41. The number of rotatable bonds is 6. The largest absolute Gasteiger partial charge is 0.508 e. The van der Waals surface area contributed by atoms with Gasteiger partial charge in [0.25, 0.3) is 5.91 Å². The van der Waals surface area contributed by atoms with E-state index in [-0.39, 0.29) is 23.7 Å². The van der Waals surface area contributed by atoms with Crippen LogP contribution in [0.2, 0.25) is 0 Å². The van der Waals surface area contributed by atoms with Crippen LogP contribution in [0.15, 0.2) is 42.5 Å². The average Bonchev–Trinajstić information content (AvgIpc) is 3.43. The fraction of sp³-hybridized carbons (Fsp3) is 0.400. The summed E-state index contributed by atoms with van der Waals surface area (Å²) in [5.41, 5.74) is 14.2. The van der Waals surface area contributed by atoms with Crippen LogP contribution in [-0.4, -0.2) is 60.8 Å². The molecule has 3 fully saturated rings. The Morgan fingerprint density at radius 3 is 2.59 bits per heavy atom. The number of phenolic OH excluding ortho intramolecular Hbond substituents is 1. The maximum Gasteiger partial charge on any atom is 0.254 e. The Hall–Kier alpha value is -4.37. The molecule has 8 rings (SSSR count). The molecule has 226 valence electrons. The third-order valence-electron chi connectivity index (χ3n) is 10.3. The highest BCUT2D eigenvalue weighted by Crippen LogP contribution is 2.41. The predicted octanol–water partition coefficient (Wildman–Crippen LogP) is 5.56. The number of piperidine rings is 1. The van der Waals surface area contributed by atoms with Crippen molar-refractivity contribution in [2.45, 2.75) is 58.2 Å². The van der Waals surface area contributed by atoms with Gasteiger partial charge in [0, 0.05) is 54.3 Å². The SMILES string of the molecule is COc1cc(C(=O)N2CC3CCC2[C@@H]3N)cc2nc(-c3cc4ccc(-c5c(C)ccc(O)c5C)nc4n3CC3CC3)n(C)c12. The first-order valence-corrected chi connectivity index (χ1v) is 15.6. The Kier molecular flexibility index (Phi) is 6.07. The van der Waals surface area contributed by atoms with Gasteiger partial charge in [-0.25, -0.2) is 9.97 Å². The van der Waals surface area contributed by atoms with E-state index in [0.717, 1.165) is 81.9 Å². The Morgan fingerprint density at radius 1 is 1.07 bits per heavy atom. The van der Waals surface area contributed by atoms with Gasteiger partial charge in [0.2, 0.25) is 0 Å². The van der Waals surface area contributed by atoms with Crippen molar-refractivity contribution in [3.05, 3.63) is 59.2 Å². The second-order valence-corrected chi connectivity index (χ2v) is 13.1. The first-order chi connectivity index (χ1) is 21.2. The maximum atomic E-state index is 13.7. The number of nitrogens with zero attached hydrogens (tertiary/aromatic N) is 5. The van der Waals surface area contributed by atoms with Crippen LogP contribution in [0, 0.1) is 25.7 Å². The number of phenols is 1. The van der Waals surface area contributed by atoms with Crippen molar-refractivity contribution < 1.29 is 14.6 Å². The van der Waals surface area contributed by atoms with Crippen LogP contribution in [0.4, 0.5) is 0 Å². The van der Waals surface area contributed by atoms with Crippen molar-refractivity contribution in [3.8, 4) is 34.3 Å². The number of pyridine rings is 1. The molecule has 4 heterocycles. The number of benzene rings is 2. The number of imidazole rings is 1. The summed E-state index contributed by atoms with van der Waals surface area (Å²) in [6.07, 6.45) is 4.47. The molecule has 2 aliphatic carbocycles. The minimum atomic E-state index is -0.00262. The number of methoxy groups -OCH3 is 1. The molecular formula is C35H38N6O3. The van der Waals surface area contributed by atoms with Gasteiger partial charge in [-0.3, -0.25) is 4.79 Å². The molecule has 2 aromatic carbocycles. The Labute approximate surface area is 256 Å². The highest BCUT2D eigenvalue weighted by atomic mass is 16.5. The standard InChI is InChI=1S/C35H38N6O3/c1-18-5-12-28(42)19(2)30(18)24-10-8-21-14-27(40(33(21)37-24)16-20-6-7-20)34-38-25-13-23(15-29(44-4)32(25)39(34)3)35(43)41-17-22-9-11-26(41)31(22)36/h5,8,10,12-15,20,22,26,31,42H,6-7,9,11,16-17,36H2,1-4H3/t22?,26?,31-/m1/s1. The summed E-state index contributed by atoms with van der Waals surface area (Å²) in [6.45, 7) is 5.56. The number of amides is 1. The molecule has 1 amide bonds. The zero-order chi connectivity index (χ0) is 30.4. The smallest absolute Gasteiger partial charge is 0.254 e. The number of hydrogen-bond donors (Lipinski definition) is 2. The van der Waals surface area contributed by atoms with Crippen molar-refractivity contribution in [1.82, 2.24) is 24.0 Å². The van der Waals surface area contributed by atoms with Crippen LogP contribution in [0.25, 0.3) is 44.8 Å². The quantitative estimate of drug-likeness (QED) is 0.268. The van der Waals surface area contributed by atoms with Gasteiger partial charge in [0.1, 0.15) is 22.7 Å². The normalized spacial score (nSPS) is 21.2. The van der Waals surface area contributed by atoms with Gasteiger partial charge in [-0.05, 0) is 93.3 Å². The molecule has 0 radical (unpaired) electrons. The van der Waals surface area contributed by atoms with Gasteiger partial charge < -0.3 is 29.6 Å². The first kappa shape index (κ1) is 27.2. The number of likely N-dealkylation sites (tertiary alicyclic amines) is 1. The zero-order valence-corrected chi connectivity index (χ0v) is 25.7. The monoisotopic (exact) mass is 590 g/mol. The van der Waals surface area contributed by atoms with Gasteiger partial charge in [0.15, 0.2) is 5.82 Å². The van der Waals surface area contributed by atoms with E-state index in [4.69, 9.17) is 20.4 Å². The van der Waals surface area contributed by atoms with Crippen LogP contribution in [-0.2, 0) is 13.6 Å². The Balaban J connectivity index is 1.26. The average molecular weight is 591 g/mol. The summed E-state index contributed by atoms with van der Waals surface area (Å²) in [5, 5.41) is 11.5. The third-order valence-corrected chi connectivity index (χ3v) is 10.3. The van der Waals surface area contributed by atoms with E-state index < -0.39 is 0 Å². The van der Waals surface area contributed by atoms with Crippen LogP contribution >= 0.6 is 0 Å². The lowest BCUT2D eigenvalue weighted by atomic mass is 9.98. The summed E-state index contributed by atoms with van der Waals surface area (Å²) < 4.78 is 10.2. The van der Waals surface area contributed by atoms with Gasteiger partial charge in [-0.15, -0.1) is 0 Å². The zero-order valence-electron chi connectivity index (χ0n) is 25.7. The summed E-state index contributed by atoms with van der Waals surface area (Å²) in [5.74, 6) is 2.69. The number of aryl methyl sites for hydroxylation is 2. The number of carbonyl (C=O) groups is 1. The lowest BCUT2D eigenvalue weighted by Gasteiger charge is -2.27. The number of aromatic hydroxyl groups is 1. The molecule has 1 aliphatic heterocycles. The van der Waals surface area contributed by atoms with Crippen molar-refractivity contribution in [3.63, 3.8) is 0 Å². The highest BCUT2D eigenvalue weighted by Gasteiger charge is 2.47. The van der Waals surface area contributed by atoms with E-state index in [1.54, 1.807) is 13.2 Å². The number of hydrogen-bond acceptors (Lipinski definition) is 6. The molecule has 2 saturated carbocycles. The molecule has 9 heteroatoms. The van der Waals surface area contributed by atoms with Gasteiger partial charge in [-0.1, -0.05) is 6.07 Å². The molecule has 2 unspecified atom stereocenters. The van der Waals surface area contributed by atoms with E-state index in [2.05, 4.69) is 28.2 Å². The van der Waals surface area contributed by atoms with Crippen LogP contribution < -0.4 is 10.5 Å². The molecule has 5 aromatic rings. The van der Waals surface area contributed by atoms with Gasteiger partial charge >= 0.3 is 0 Å². The summed E-state index contributed by atoms with van der Waals surface area (Å²) >= 11 is 0. The van der Waals surface area contributed by atoms with Crippen LogP contribution in [0.5, 0.6) is 11.5 Å².